The summed E-state index contributed by atoms with van der Waals surface area (Å²) in [5.74, 6) is 0.221. The van der Waals surface area contributed by atoms with Crippen molar-refractivity contribution in [3.63, 3.8) is 0 Å². The fraction of sp³-hybridized carbons (Fsp3) is 0.429. The van der Waals surface area contributed by atoms with Crippen LogP contribution in [0, 0.1) is 0 Å². The summed E-state index contributed by atoms with van der Waals surface area (Å²) in [6.07, 6.45) is 8.57. The SMILES string of the molecule is CCCCCCCCCc1c([O-])cccc1Oc1ccccc1S(=O)(=O)O.[K+]. The molecule has 0 spiro atoms. The molecular formula is C21H27KO5S. The molecule has 0 heterocycles. The molecule has 0 saturated carbocycles. The fourth-order valence-corrected chi connectivity index (χ4v) is 3.63. The Balaban J connectivity index is 0.00000392. The molecule has 0 aliphatic heterocycles. The van der Waals surface area contributed by atoms with Gasteiger partial charge in [0.15, 0.2) is 0 Å². The predicted molar refractivity (Wildman–Crippen MR) is 104 cm³/mol. The van der Waals surface area contributed by atoms with E-state index in [-0.39, 0.29) is 67.8 Å². The van der Waals surface area contributed by atoms with Gasteiger partial charge >= 0.3 is 51.4 Å². The van der Waals surface area contributed by atoms with Gasteiger partial charge in [-0.3, -0.25) is 4.55 Å². The van der Waals surface area contributed by atoms with E-state index in [1.807, 2.05) is 0 Å². The average Bonchev–Trinajstić information content (AvgIpc) is 2.62. The second-order valence-electron chi connectivity index (χ2n) is 6.63. The van der Waals surface area contributed by atoms with E-state index in [9.17, 15) is 18.1 Å². The van der Waals surface area contributed by atoms with Crippen molar-refractivity contribution < 1.29 is 74.2 Å². The van der Waals surface area contributed by atoms with Gasteiger partial charge < -0.3 is 9.84 Å². The maximum atomic E-state index is 12.3. The second-order valence-corrected chi connectivity index (χ2v) is 8.02. The van der Waals surface area contributed by atoms with Gasteiger partial charge in [-0.25, -0.2) is 0 Å². The molecule has 0 unspecified atom stereocenters. The third-order valence-electron chi connectivity index (χ3n) is 4.47. The Labute approximate surface area is 210 Å². The molecule has 0 amide bonds. The molecule has 2 aromatic rings. The molecular weight excluding hydrogens is 403 g/mol. The molecule has 0 atom stereocenters. The van der Waals surface area contributed by atoms with Crippen LogP contribution in [0.3, 0.4) is 0 Å². The summed E-state index contributed by atoms with van der Waals surface area (Å²) in [5, 5.41) is 12.3. The van der Waals surface area contributed by atoms with E-state index < -0.39 is 10.1 Å². The van der Waals surface area contributed by atoms with Gasteiger partial charge in [-0.1, -0.05) is 69.7 Å². The van der Waals surface area contributed by atoms with Crippen molar-refractivity contribution in [2.75, 3.05) is 0 Å². The van der Waals surface area contributed by atoms with E-state index in [1.54, 1.807) is 18.2 Å². The number of unbranched alkanes of at least 4 members (excludes halogenated alkanes) is 6. The number of hydrogen-bond acceptors (Lipinski definition) is 4. The van der Waals surface area contributed by atoms with Gasteiger partial charge in [0, 0.05) is 0 Å². The van der Waals surface area contributed by atoms with Crippen LogP contribution in [-0.2, 0) is 16.5 Å². The molecule has 148 valence electrons. The van der Waals surface area contributed by atoms with Crippen molar-refractivity contribution >= 4 is 10.1 Å². The van der Waals surface area contributed by atoms with Gasteiger partial charge in [0.2, 0.25) is 0 Å². The van der Waals surface area contributed by atoms with Gasteiger partial charge in [0.1, 0.15) is 16.4 Å². The summed E-state index contributed by atoms with van der Waals surface area (Å²) >= 11 is 0. The van der Waals surface area contributed by atoms with Crippen LogP contribution in [0.15, 0.2) is 47.4 Å². The molecule has 2 aromatic carbocycles. The summed E-state index contributed by atoms with van der Waals surface area (Å²) in [7, 11) is -4.41. The first-order valence-electron chi connectivity index (χ1n) is 9.46. The molecule has 0 fully saturated rings. The second kappa shape index (κ2) is 13.0. The largest absolute Gasteiger partial charge is 1.00 e. The zero-order valence-electron chi connectivity index (χ0n) is 16.7. The molecule has 7 heteroatoms. The predicted octanol–water partition coefficient (Wildman–Crippen LogP) is 2.10. The minimum absolute atomic E-state index is 0. The minimum atomic E-state index is -4.41. The molecule has 28 heavy (non-hydrogen) atoms. The van der Waals surface area contributed by atoms with Crippen LogP contribution in [0.2, 0.25) is 0 Å². The molecule has 2 rings (SSSR count). The number of benzene rings is 2. The van der Waals surface area contributed by atoms with Gasteiger partial charge in [-0.2, -0.15) is 8.42 Å². The van der Waals surface area contributed by atoms with Crippen molar-refractivity contribution in [1.82, 2.24) is 0 Å². The smallest absolute Gasteiger partial charge is 0.872 e. The molecule has 0 aliphatic carbocycles. The Hall–Kier alpha value is -0.414. The number of ether oxygens (including phenoxy) is 1. The first kappa shape index (κ1) is 25.6. The topological polar surface area (TPSA) is 86.7 Å². The number of para-hydroxylation sites is 1. The molecule has 1 N–H and O–H groups in total. The quantitative estimate of drug-likeness (QED) is 0.335. The molecule has 0 radical (unpaired) electrons. The maximum absolute atomic E-state index is 12.3. The van der Waals surface area contributed by atoms with E-state index in [2.05, 4.69) is 6.92 Å². The van der Waals surface area contributed by atoms with E-state index in [0.717, 1.165) is 19.3 Å². The monoisotopic (exact) mass is 430 g/mol. The molecule has 5 nitrogen and oxygen atoms in total. The third kappa shape index (κ3) is 8.14. The summed E-state index contributed by atoms with van der Waals surface area (Å²) in [4.78, 5) is -0.317. The van der Waals surface area contributed by atoms with Gasteiger partial charge in [-0.15, -0.1) is 5.75 Å². The van der Waals surface area contributed by atoms with Crippen molar-refractivity contribution in [3.8, 4) is 17.2 Å². The summed E-state index contributed by atoms with van der Waals surface area (Å²) in [5.41, 5.74) is 0.538. The Morgan fingerprint density at radius 1 is 0.893 bits per heavy atom. The standard InChI is InChI=1S/C21H28O5S.K/c1-2-3-4-5-6-7-8-12-17-18(22)13-11-15-19(17)26-20-14-9-10-16-21(20)27(23,24)25;/h9-11,13-16,22H,2-8,12H2,1H3,(H,23,24,25);/q;+1/p-1. The van der Waals surface area contributed by atoms with Crippen LogP contribution in [0.5, 0.6) is 17.2 Å². The molecule has 0 aliphatic rings. The van der Waals surface area contributed by atoms with Crippen LogP contribution in [0.25, 0.3) is 0 Å². The van der Waals surface area contributed by atoms with Crippen LogP contribution in [-0.4, -0.2) is 13.0 Å². The number of hydrogen-bond donors (Lipinski definition) is 1. The Bertz CT molecular complexity index is 836. The van der Waals surface area contributed by atoms with Gasteiger partial charge in [0.25, 0.3) is 10.1 Å². The van der Waals surface area contributed by atoms with Crippen molar-refractivity contribution in [2.24, 2.45) is 0 Å². The minimum Gasteiger partial charge on any atom is -0.872 e. The first-order valence-corrected chi connectivity index (χ1v) is 10.9. The zero-order valence-corrected chi connectivity index (χ0v) is 20.6. The van der Waals surface area contributed by atoms with Crippen molar-refractivity contribution in [3.05, 3.63) is 48.0 Å². The van der Waals surface area contributed by atoms with E-state index >= 15 is 0 Å². The van der Waals surface area contributed by atoms with Gasteiger partial charge in [-0.05, 0) is 36.6 Å². The first-order chi connectivity index (χ1) is 12.9. The van der Waals surface area contributed by atoms with Crippen molar-refractivity contribution in [2.45, 2.75) is 63.2 Å². The van der Waals surface area contributed by atoms with Crippen LogP contribution < -0.4 is 61.2 Å². The fourth-order valence-electron chi connectivity index (χ4n) is 3.01. The average molecular weight is 431 g/mol. The van der Waals surface area contributed by atoms with E-state index in [4.69, 9.17) is 4.74 Å². The summed E-state index contributed by atoms with van der Waals surface area (Å²) in [6, 6.07) is 10.6. The molecule has 0 saturated heterocycles. The van der Waals surface area contributed by atoms with E-state index in [0.29, 0.717) is 17.7 Å². The van der Waals surface area contributed by atoms with Crippen LogP contribution in [0.1, 0.15) is 57.4 Å². The van der Waals surface area contributed by atoms with Crippen molar-refractivity contribution in [1.29, 1.82) is 0 Å². The summed E-state index contributed by atoms with van der Waals surface area (Å²) < 4.78 is 38.1. The third-order valence-corrected chi connectivity index (χ3v) is 5.36. The van der Waals surface area contributed by atoms with Crippen LogP contribution >= 0.6 is 0 Å². The normalized spacial score (nSPS) is 11.1. The maximum Gasteiger partial charge on any atom is 1.00 e. The Morgan fingerprint density at radius 3 is 2.18 bits per heavy atom. The Kier molecular flexibility index (Phi) is 11.9. The molecule has 0 aromatic heterocycles. The van der Waals surface area contributed by atoms with E-state index in [1.165, 1.54) is 49.9 Å². The zero-order chi connectivity index (χ0) is 19.7. The van der Waals surface area contributed by atoms with Gasteiger partial charge in [0.05, 0.1) is 0 Å². The summed E-state index contributed by atoms with van der Waals surface area (Å²) in [6.45, 7) is 2.19. The number of rotatable bonds is 11. The van der Waals surface area contributed by atoms with Crippen LogP contribution in [0.4, 0.5) is 0 Å². The Morgan fingerprint density at radius 2 is 1.50 bits per heavy atom. The molecule has 0 bridgehead atoms.